The number of hydrogen-bond acceptors (Lipinski definition) is 5. The monoisotopic (exact) mass is 411 g/mol. The average Bonchev–Trinajstić information content (AvgIpc) is 3.21. The first-order valence-corrected chi connectivity index (χ1v) is 8.99. The highest BCUT2D eigenvalue weighted by Gasteiger charge is 2.35. The van der Waals surface area contributed by atoms with Crippen molar-refractivity contribution in [3.8, 4) is 11.1 Å². The molecule has 1 aliphatic rings. The van der Waals surface area contributed by atoms with Gasteiger partial charge in [0.25, 0.3) is 11.6 Å². The van der Waals surface area contributed by atoms with Crippen molar-refractivity contribution in [1.82, 2.24) is 9.78 Å². The van der Waals surface area contributed by atoms with Crippen molar-refractivity contribution in [2.75, 3.05) is 10.6 Å². The molecule has 29 heavy (non-hydrogen) atoms. The Hall–Kier alpha value is -3.72. The lowest BCUT2D eigenvalue weighted by Gasteiger charge is -2.09. The summed E-state index contributed by atoms with van der Waals surface area (Å²) in [6.07, 6.45) is 1.43. The van der Waals surface area contributed by atoms with Gasteiger partial charge in [-0.3, -0.25) is 19.7 Å². The fourth-order valence-electron chi connectivity index (χ4n) is 3.17. The molecular weight excluding hydrogens is 398 g/mol. The topological polar surface area (TPSA) is 119 Å². The number of hydrogen-bond donors (Lipinski definition) is 2. The quantitative estimate of drug-likeness (QED) is 0.490. The Morgan fingerprint density at radius 1 is 1.28 bits per heavy atom. The van der Waals surface area contributed by atoms with Gasteiger partial charge in [-0.05, 0) is 23.8 Å². The normalized spacial score (nSPS) is 14.9. The smallest absolute Gasteiger partial charge is 0.271 e. The maximum Gasteiger partial charge on any atom is 0.271 e. The molecule has 0 saturated carbocycles. The molecule has 2 N–H and O–H groups in total. The zero-order valence-electron chi connectivity index (χ0n) is 14.8. The summed E-state index contributed by atoms with van der Waals surface area (Å²) < 4.78 is 1.46. The molecule has 1 aromatic heterocycles. The SMILES string of the molecule is O=C(CC1C(=O)Nc2c(-c3cccc(Cl)c3)cnn21)Nc1cccc([N+](=O)[O-])c1. The van der Waals surface area contributed by atoms with Crippen molar-refractivity contribution in [3.63, 3.8) is 0 Å². The van der Waals surface area contributed by atoms with Crippen LogP contribution in [-0.4, -0.2) is 26.5 Å². The summed E-state index contributed by atoms with van der Waals surface area (Å²) in [7, 11) is 0. The number of aromatic nitrogens is 2. The van der Waals surface area contributed by atoms with Crippen LogP contribution < -0.4 is 10.6 Å². The molecule has 2 amide bonds. The van der Waals surface area contributed by atoms with Gasteiger partial charge >= 0.3 is 0 Å². The summed E-state index contributed by atoms with van der Waals surface area (Å²) in [5, 5.41) is 21.0. The summed E-state index contributed by atoms with van der Waals surface area (Å²) in [6, 6.07) is 11.9. The number of anilines is 2. The van der Waals surface area contributed by atoms with Gasteiger partial charge in [-0.1, -0.05) is 29.8 Å². The second-order valence-corrected chi connectivity index (χ2v) is 6.86. The summed E-state index contributed by atoms with van der Waals surface area (Å²) in [4.78, 5) is 35.1. The lowest BCUT2D eigenvalue weighted by molar-refractivity contribution is -0.384. The molecule has 1 aliphatic heterocycles. The van der Waals surface area contributed by atoms with Gasteiger partial charge in [0.05, 0.1) is 17.5 Å². The maximum atomic E-state index is 12.4. The molecular formula is C19H14ClN5O4. The number of halogens is 1. The zero-order valence-corrected chi connectivity index (χ0v) is 15.6. The standard InChI is InChI=1S/C19H14ClN5O4/c20-12-4-1-3-11(7-12)15-10-21-24-16(19(27)23-18(15)24)9-17(26)22-13-5-2-6-14(8-13)25(28)29/h1-8,10,16H,9H2,(H,22,26)(H,23,27). The van der Waals surface area contributed by atoms with Crippen molar-refractivity contribution in [1.29, 1.82) is 0 Å². The van der Waals surface area contributed by atoms with Gasteiger partial charge in [0.15, 0.2) is 0 Å². The molecule has 10 heteroatoms. The number of benzene rings is 2. The highest BCUT2D eigenvalue weighted by molar-refractivity contribution is 6.30. The average molecular weight is 412 g/mol. The number of rotatable bonds is 5. The Morgan fingerprint density at radius 2 is 2.07 bits per heavy atom. The molecule has 1 atom stereocenters. The summed E-state index contributed by atoms with van der Waals surface area (Å²) in [5.74, 6) is -0.325. The Labute approximate surface area is 169 Å². The van der Waals surface area contributed by atoms with Crippen LogP contribution in [0, 0.1) is 10.1 Å². The van der Waals surface area contributed by atoms with E-state index in [1.165, 1.54) is 28.9 Å². The van der Waals surface area contributed by atoms with Gasteiger partial charge in [-0.25, -0.2) is 4.68 Å². The molecule has 146 valence electrons. The second kappa shape index (κ2) is 7.36. The lowest BCUT2D eigenvalue weighted by Crippen LogP contribution is -2.23. The predicted octanol–water partition coefficient (Wildman–Crippen LogP) is 3.63. The van der Waals surface area contributed by atoms with Crippen molar-refractivity contribution >= 4 is 40.6 Å². The van der Waals surface area contributed by atoms with Crippen molar-refractivity contribution < 1.29 is 14.5 Å². The van der Waals surface area contributed by atoms with E-state index in [1.54, 1.807) is 24.4 Å². The number of carbonyl (C=O) groups is 2. The highest BCUT2D eigenvalue weighted by Crippen LogP contribution is 2.36. The largest absolute Gasteiger partial charge is 0.326 e. The molecule has 4 rings (SSSR count). The number of nitro groups is 1. The van der Waals surface area contributed by atoms with E-state index in [0.717, 1.165) is 5.56 Å². The van der Waals surface area contributed by atoms with Crippen LogP contribution in [0.1, 0.15) is 12.5 Å². The summed E-state index contributed by atoms with van der Waals surface area (Å²) in [6.45, 7) is 0. The first-order valence-electron chi connectivity index (χ1n) is 8.61. The van der Waals surface area contributed by atoms with E-state index in [-0.39, 0.29) is 23.7 Å². The first kappa shape index (κ1) is 18.6. The number of nitrogens with one attached hydrogen (secondary N) is 2. The van der Waals surface area contributed by atoms with Gasteiger partial charge < -0.3 is 10.6 Å². The third kappa shape index (κ3) is 3.67. The van der Waals surface area contributed by atoms with Crippen LogP contribution in [0.15, 0.2) is 54.7 Å². The molecule has 0 fully saturated rings. The van der Waals surface area contributed by atoms with Crippen molar-refractivity contribution in [2.24, 2.45) is 0 Å². The van der Waals surface area contributed by atoms with E-state index in [9.17, 15) is 19.7 Å². The number of non-ortho nitro benzene ring substituents is 1. The number of nitrogens with zero attached hydrogens (tertiary/aromatic N) is 3. The molecule has 0 radical (unpaired) electrons. The molecule has 1 unspecified atom stereocenters. The van der Waals surface area contributed by atoms with E-state index in [0.29, 0.717) is 16.4 Å². The first-order chi connectivity index (χ1) is 13.9. The minimum absolute atomic E-state index is 0.137. The maximum absolute atomic E-state index is 12.4. The Bertz CT molecular complexity index is 1140. The third-order valence-electron chi connectivity index (χ3n) is 4.49. The lowest BCUT2D eigenvalue weighted by atomic mass is 10.1. The molecule has 0 bridgehead atoms. The number of carbonyl (C=O) groups excluding carboxylic acids is 2. The fraction of sp³-hybridized carbons (Fsp3) is 0.105. The zero-order chi connectivity index (χ0) is 20.5. The van der Waals surface area contributed by atoms with Crippen LogP contribution in [0.2, 0.25) is 5.02 Å². The van der Waals surface area contributed by atoms with Crippen LogP contribution >= 0.6 is 11.6 Å². The molecule has 2 aromatic carbocycles. The molecule has 0 saturated heterocycles. The van der Waals surface area contributed by atoms with E-state index < -0.39 is 16.9 Å². The summed E-state index contributed by atoms with van der Waals surface area (Å²) in [5.41, 5.74) is 1.63. The van der Waals surface area contributed by atoms with E-state index in [1.807, 2.05) is 6.07 Å². The summed E-state index contributed by atoms with van der Waals surface area (Å²) >= 11 is 6.04. The second-order valence-electron chi connectivity index (χ2n) is 6.43. The van der Waals surface area contributed by atoms with Gasteiger partial charge in [0.1, 0.15) is 11.9 Å². The molecule has 0 aliphatic carbocycles. The fourth-order valence-corrected chi connectivity index (χ4v) is 3.36. The minimum atomic E-state index is -0.823. The van der Waals surface area contributed by atoms with Crippen molar-refractivity contribution in [2.45, 2.75) is 12.5 Å². The molecule has 2 heterocycles. The Kier molecular flexibility index (Phi) is 4.73. The Morgan fingerprint density at radius 3 is 2.83 bits per heavy atom. The van der Waals surface area contributed by atoms with Crippen LogP contribution in [0.25, 0.3) is 11.1 Å². The van der Waals surface area contributed by atoms with E-state index in [2.05, 4.69) is 15.7 Å². The Balaban J connectivity index is 1.53. The predicted molar refractivity (Wildman–Crippen MR) is 107 cm³/mol. The van der Waals surface area contributed by atoms with E-state index >= 15 is 0 Å². The van der Waals surface area contributed by atoms with Gasteiger partial charge in [0, 0.05) is 28.4 Å². The minimum Gasteiger partial charge on any atom is -0.326 e. The third-order valence-corrected chi connectivity index (χ3v) is 4.73. The van der Waals surface area contributed by atoms with Crippen LogP contribution in [0.3, 0.4) is 0 Å². The van der Waals surface area contributed by atoms with Gasteiger partial charge in [-0.15, -0.1) is 0 Å². The van der Waals surface area contributed by atoms with Crippen molar-refractivity contribution in [3.05, 3.63) is 69.9 Å². The van der Waals surface area contributed by atoms with Crippen LogP contribution in [0.4, 0.5) is 17.2 Å². The number of nitro benzene ring substituents is 1. The van der Waals surface area contributed by atoms with Gasteiger partial charge in [0.2, 0.25) is 5.91 Å². The molecule has 3 aromatic rings. The number of amides is 2. The van der Waals surface area contributed by atoms with Gasteiger partial charge in [-0.2, -0.15) is 5.10 Å². The number of fused-ring (bicyclic) bond motifs is 1. The van der Waals surface area contributed by atoms with Crippen LogP contribution in [0.5, 0.6) is 0 Å². The van der Waals surface area contributed by atoms with Crippen LogP contribution in [-0.2, 0) is 9.59 Å². The van der Waals surface area contributed by atoms with E-state index in [4.69, 9.17) is 11.6 Å². The molecule has 9 nitrogen and oxygen atoms in total. The molecule has 0 spiro atoms. The highest BCUT2D eigenvalue weighted by atomic mass is 35.5.